The zero-order valence-electron chi connectivity index (χ0n) is 34.5. The van der Waals surface area contributed by atoms with Crippen molar-refractivity contribution in [3.63, 3.8) is 0 Å². The van der Waals surface area contributed by atoms with Gasteiger partial charge in [-0.25, -0.2) is 0 Å². The third kappa shape index (κ3) is 5.19. The van der Waals surface area contributed by atoms with Crippen molar-refractivity contribution in [2.24, 2.45) is 0 Å². The Labute approximate surface area is 367 Å². The van der Waals surface area contributed by atoms with Crippen LogP contribution in [-0.4, -0.2) is 4.57 Å². The summed E-state index contributed by atoms with van der Waals surface area (Å²) in [5.74, 6) is 0. The Kier molecular flexibility index (Phi) is 7.85. The van der Waals surface area contributed by atoms with Crippen LogP contribution in [-0.2, 0) is 5.41 Å². The van der Waals surface area contributed by atoms with Gasteiger partial charge in [0.15, 0.2) is 0 Å². The highest BCUT2D eigenvalue weighted by molar-refractivity contribution is 6.13. The van der Waals surface area contributed by atoms with Crippen LogP contribution in [0.4, 0.5) is 17.1 Å². The highest BCUT2D eigenvalue weighted by atomic mass is 15.1. The summed E-state index contributed by atoms with van der Waals surface area (Å²) in [6.07, 6.45) is 0. The summed E-state index contributed by atoms with van der Waals surface area (Å²) in [6, 6.07) is 89.6. The van der Waals surface area contributed by atoms with E-state index in [1.54, 1.807) is 0 Å². The summed E-state index contributed by atoms with van der Waals surface area (Å²) in [4.78, 5) is 2.51. The number of rotatable bonds is 6. The zero-order chi connectivity index (χ0) is 41.5. The van der Waals surface area contributed by atoms with Crippen LogP contribution >= 0.6 is 0 Å². The Bertz CT molecular complexity index is 3480. The minimum absolute atomic E-state index is 0.468. The molecule has 0 saturated heterocycles. The van der Waals surface area contributed by atoms with Gasteiger partial charge in [0.05, 0.1) is 22.1 Å². The Morgan fingerprint density at radius 2 is 0.794 bits per heavy atom. The van der Waals surface area contributed by atoms with Crippen molar-refractivity contribution in [2.75, 3.05) is 4.90 Å². The Hall–Kier alpha value is -8.20. The van der Waals surface area contributed by atoms with Gasteiger partial charge >= 0.3 is 0 Å². The predicted molar refractivity (Wildman–Crippen MR) is 263 cm³/mol. The van der Waals surface area contributed by atoms with Gasteiger partial charge in [-0.15, -0.1) is 0 Å². The van der Waals surface area contributed by atoms with E-state index in [1.807, 2.05) is 0 Å². The molecule has 0 fully saturated rings. The van der Waals surface area contributed by atoms with Gasteiger partial charge < -0.3 is 9.47 Å². The fourth-order valence-electron chi connectivity index (χ4n) is 11.0. The first kappa shape index (κ1) is 35.5. The fourth-order valence-corrected chi connectivity index (χ4v) is 11.0. The lowest BCUT2D eigenvalue weighted by atomic mass is 9.70. The van der Waals surface area contributed by atoms with Gasteiger partial charge in [-0.05, 0) is 116 Å². The average molecular weight is 801 g/mol. The van der Waals surface area contributed by atoms with Crippen molar-refractivity contribution in [1.29, 1.82) is 0 Å². The number of benzene rings is 10. The molecule has 0 amide bonds. The van der Waals surface area contributed by atoms with Crippen molar-refractivity contribution in [3.8, 4) is 50.2 Å². The van der Waals surface area contributed by atoms with Crippen LogP contribution in [0.25, 0.3) is 72.0 Å². The maximum absolute atomic E-state index is 2.51. The van der Waals surface area contributed by atoms with Crippen LogP contribution in [0.3, 0.4) is 0 Å². The largest absolute Gasteiger partial charge is 0.310 e. The maximum atomic E-state index is 2.51. The number of para-hydroxylation sites is 2. The normalized spacial score (nSPS) is 12.9. The number of hydrogen-bond donors (Lipinski definition) is 0. The third-order valence-corrected chi connectivity index (χ3v) is 13.6. The lowest BCUT2D eigenvalue weighted by molar-refractivity contribution is 0.793. The Morgan fingerprint density at radius 1 is 0.302 bits per heavy atom. The molecule has 0 bridgehead atoms. The summed E-state index contributed by atoms with van der Waals surface area (Å²) < 4.78 is 2.43. The number of anilines is 3. The minimum Gasteiger partial charge on any atom is -0.310 e. The van der Waals surface area contributed by atoms with Crippen LogP contribution in [0.1, 0.15) is 22.3 Å². The molecule has 2 aliphatic carbocycles. The van der Waals surface area contributed by atoms with Crippen LogP contribution in [0, 0.1) is 0 Å². The molecule has 10 aromatic carbocycles. The number of nitrogens with zero attached hydrogens (tertiary/aromatic N) is 2. The van der Waals surface area contributed by atoms with Crippen LogP contribution in [0.5, 0.6) is 0 Å². The molecule has 1 spiro atoms. The molecule has 2 heteroatoms. The number of aromatic nitrogens is 1. The van der Waals surface area contributed by atoms with E-state index in [0.29, 0.717) is 0 Å². The molecule has 13 rings (SSSR count). The van der Waals surface area contributed by atoms with Gasteiger partial charge in [-0.1, -0.05) is 188 Å². The van der Waals surface area contributed by atoms with Crippen molar-refractivity contribution in [2.45, 2.75) is 5.41 Å². The predicted octanol–water partition coefficient (Wildman–Crippen LogP) is 15.9. The second kappa shape index (κ2) is 13.9. The molecule has 63 heavy (non-hydrogen) atoms. The summed E-state index contributed by atoms with van der Waals surface area (Å²) in [5, 5.41) is 2.45. The van der Waals surface area contributed by atoms with E-state index in [-0.39, 0.29) is 0 Å². The molecule has 0 saturated carbocycles. The molecular weight excluding hydrogens is 761 g/mol. The van der Waals surface area contributed by atoms with Gasteiger partial charge in [0.2, 0.25) is 0 Å². The van der Waals surface area contributed by atoms with Gasteiger partial charge in [0.1, 0.15) is 0 Å². The van der Waals surface area contributed by atoms with E-state index in [9.17, 15) is 0 Å². The number of hydrogen-bond acceptors (Lipinski definition) is 1. The molecular formula is C61H40N2. The molecule has 2 aliphatic rings. The van der Waals surface area contributed by atoms with E-state index >= 15 is 0 Å². The summed E-state index contributed by atoms with van der Waals surface area (Å²) in [6.45, 7) is 0. The molecule has 1 aromatic heterocycles. The highest BCUT2D eigenvalue weighted by Gasteiger charge is 2.51. The first-order valence-electron chi connectivity index (χ1n) is 21.8. The van der Waals surface area contributed by atoms with E-state index in [0.717, 1.165) is 28.3 Å². The first-order valence-corrected chi connectivity index (χ1v) is 21.8. The molecule has 0 N–H and O–H groups in total. The second-order valence-corrected chi connectivity index (χ2v) is 16.8. The van der Waals surface area contributed by atoms with E-state index in [1.165, 1.54) is 83.1 Å². The Morgan fingerprint density at radius 3 is 1.43 bits per heavy atom. The molecule has 0 atom stereocenters. The smallest absolute Gasteiger partial charge is 0.0726 e. The monoisotopic (exact) mass is 800 g/mol. The second-order valence-electron chi connectivity index (χ2n) is 16.8. The van der Waals surface area contributed by atoms with Crippen molar-refractivity contribution in [3.05, 3.63) is 265 Å². The molecule has 0 aliphatic heterocycles. The molecule has 0 radical (unpaired) electrons. The topological polar surface area (TPSA) is 8.17 Å². The first-order chi connectivity index (χ1) is 31.3. The van der Waals surface area contributed by atoms with Gasteiger partial charge in [-0.2, -0.15) is 0 Å². The molecule has 294 valence electrons. The van der Waals surface area contributed by atoms with Crippen molar-refractivity contribution >= 4 is 38.9 Å². The summed E-state index contributed by atoms with van der Waals surface area (Å²) in [7, 11) is 0. The molecule has 11 aromatic rings. The summed E-state index contributed by atoms with van der Waals surface area (Å²) in [5.41, 5.74) is 21.5. The van der Waals surface area contributed by atoms with Crippen molar-refractivity contribution < 1.29 is 0 Å². The average Bonchev–Trinajstić information content (AvgIpc) is 3.96. The quantitative estimate of drug-likeness (QED) is 0.163. The minimum atomic E-state index is -0.468. The fraction of sp³-hybridized carbons (Fsp3) is 0.0164. The molecule has 2 nitrogen and oxygen atoms in total. The lowest BCUT2D eigenvalue weighted by Gasteiger charge is -2.33. The maximum Gasteiger partial charge on any atom is 0.0726 e. The lowest BCUT2D eigenvalue weighted by Crippen LogP contribution is -2.26. The number of fused-ring (bicyclic) bond motifs is 13. The van der Waals surface area contributed by atoms with E-state index in [4.69, 9.17) is 0 Å². The standard InChI is InChI=1S/C61H40N2/c1-4-18-41(19-5-1)42-32-34-45(35-33-42)62(59-40-60-53(39-52(59)43-20-6-2-7-21-43)51-27-13-17-31-58(51)63(60)44-22-8-3-9-23-44)46-36-37-50-49-26-12-16-30-56(49)61(57(50)38-46)54-28-14-10-24-47(54)48-25-11-15-29-55(48)61/h1-40H. The van der Waals surface area contributed by atoms with Gasteiger partial charge in [0, 0.05) is 33.4 Å². The van der Waals surface area contributed by atoms with Crippen molar-refractivity contribution in [1.82, 2.24) is 4.57 Å². The van der Waals surface area contributed by atoms with Crippen LogP contribution in [0.2, 0.25) is 0 Å². The SMILES string of the molecule is c1ccc(-c2ccc(N(c3ccc4c(c3)C3(c5ccccc5-c5ccccc53)c3ccccc3-4)c3cc4c(cc3-c3ccccc3)c3ccccc3n4-c3ccccc3)cc2)cc1. The third-order valence-electron chi connectivity index (χ3n) is 13.6. The van der Waals surface area contributed by atoms with Gasteiger partial charge in [-0.3, -0.25) is 0 Å². The van der Waals surface area contributed by atoms with E-state index < -0.39 is 5.41 Å². The van der Waals surface area contributed by atoms with E-state index in [2.05, 4.69) is 252 Å². The summed E-state index contributed by atoms with van der Waals surface area (Å²) >= 11 is 0. The highest BCUT2D eigenvalue weighted by Crippen LogP contribution is 2.63. The molecule has 0 unspecified atom stereocenters. The van der Waals surface area contributed by atoms with Crippen LogP contribution < -0.4 is 4.90 Å². The zero-order valence-corrected chi connectivity index (χ0v) is 34.5. The Balaban J connectivity index is 1.13. The van der Waals surface area contributed by atoms with Crippen LogP contribution in [0.15, 0.2) is 243 Å². The molecule has 1 heterocycles. The van der Waals surface area contributed by atoms with Gasteiger partial charge in [0.25, 0.3) is 0 Å².